The minimum atomic E-state index is 0.607. The van der Waals surface area contributed by atoms with Gasteiger partial charge in [0, 0.05) is 31.7 Å². The van der Waals surface area contributed by atoms with E-state index in [0.717, 1.165) is 19.0 Å². The van der Waals surface area contributed by atoms with Gasteiger partial charge < -0.3 is 10.2 Å². The van der Waals surface area contributed by atoms with Crippen molar-refractivity contribution in [2.45, 2.75) is 59.5 Å². The van der Waals surface area contributed by atoms with E-state index in [0.29, 0.717) is 12.1 Å². The molecule has 0 amide bonds. The van der Waals surface area contributed by atoms with Crippen LogP contribution in [0.25, 0.3) is 0 Å². The van der Waals surface area contributed by atoms with Gasteiger partial charge in [-0.25, -0.2) is 0 Å². The molecule has 0 radical (unpaired) electrons. The van der Waals surface area contributed by atoms with Gasteiger partial charge in [0.05, 0.1) is 0 Å². The Labute approximate surface area is 121 Å². The van der Waals surface area contributed by atoms with E-state index in [1.54, 1.807) is 0 Å². The van der Waals surface area contributed by atoms with Crippen molar-refractivity contribution in [3.8, 4) is 0 Å². The van der Waals surface area contributed by atoms with Crippen LogP contribution in [0.2, 0.25) is 0 Å². The third-order valence-corrected chi connectivity index (χ3v) is 3.41. The van der Waals surface area contributed by atoms with Crippen LogP contribution in [0.15, 0.2) is 0 Å². The third-order valence-electron chi connectivity index (χ3n) is 3.41. The fourth-order valence-electron chi connectivity index (χ4n) is 2.26. The standard InChI is InChI=1S/C16H37N3/c1-14(2)13-19(12-11-18(6)7)16(5)9-8-10-17-15(3)4/h14-17H,8-13H2,1-7H3. The average molecular weight is 271 g/mol. The van der Waals surface area contributed by atoms with Crippen LogP contribution < -0.4 is 5.32 Å². The molecule has 0 saturated heterocycles. The molecule has 0 aromatic carbocycles. The second kappa shape index (κ2) is 10.6. The zero-order valence-corrected chi connectivity index (χ0v) is 14.4. The lowest BCUT2D eigenvalue weighted by Gasteiger charge is -2.31. The molecule has 19 heavy (non-hydrogen) atoms. The summed E-state index contributed by atoms with van der Waals surface area (Å²) in [5.41, 5.74) is 0. The fourth-order valence-corrected chi connectivity index (χ4v) is 2.26. The van der Waals surface area contributed by atoms with Crippen molar-refractivity contribution in [1.82, 2.24) is 15.1 Å². The van der Waals surface area contributed by atoms with Gasteiger partial charge in [-0.15, -0.1) is 0 Å². The molecule has 0 aromatic heterocycles. The number of nitrogens with one attached hydrogen (secondary N) is 1. The monoisotopic (exact) mass is 271 g/mol. The number of hydrogen-bond donors (Lipinski definition) is 1. The predicted molar refractivity (Wildman–Crippen MR) is 86.8 cm³/mol. The van der Waals surface area contributed by atoms with Crippen LogP contribution in [0.1, 0.15) is 47.5 Å². The van der Waals surface area contributed by atoms with E-state index in [1.807, 2.05) is 0 Å². The maximum absolute atomic E-state index is 3.50. The number of hydrogen-bond acceptors (Lipinski definition) is 3. The highest BCUT2D eigenvalue weighted by Gasteiger charge is 2.14. The first-order valence-corrected chi connectivity index (χ1v) is 7.95. The van der Waals surface area contributed by atoms with Crippen molar-refractivity contribution in [3.05, 3.63) is 0 Å². The number of rotatable bonds is 11. The smallest absolute Gasteiger partial charge is 0.0112 e. The lowest BCUT2D eigenvalue weighted by molar-refractivity contribution is 0.161. The summed E-state index contributed by atoms with van der Waals surface area (Å²) in [6.07, 6.45) is 2.57. The van der Waals surface area contributed by atoms with Crippen LogP contribution in [-0.4, -0.2) is 62.2 Å². The summed E-state index contributed by atoms with van der Waals surface area (Å²) < 4.78 is 0. The van der Waals surface area contributed by atoms with Gasteiger partial charge in [0.2, 0.25) is 0 Å². The van der Waals surface area contributed by atoms with E-state index in [-0.39, 0.29) is 0 Å². The lowest BCUT2D eigenvalue weighted by atomic mass is 10.1. The maximum atomic E-state index is 3.50. The SMILES string of the molecule is CC(C)CN(CCN(C)C)C(C)CCCNC(C)C. The summed E-state index contributed by atoms with van der Waals surface area (Å²) in [6, 6.07) is 1.30. The first-order valence-electron chi connectivity index (χ1n) is 7.95. The van der Waals surface area contributed by atoms with Gasteiger partial charge in [0.1, 0.15) is 0 Å². The molecule has 0 aliphatic carbocycles. The van der Waals surface area contributed by atoms with Gasteiger partial charge in [0.15, 0.2) is 0 Å². The zero-order valence-electron chi connectivity index (χ0n) is 14.4. The van der Waals surface area contributed by atoms with E-state index >= 15 is 0 Å². The molecule has 0 bridgehead atoms. The summed E-state index contributed by atoms with van der Waals surface area (Å²) in [5, 5.41) is 3.50. The minimum Gasteiger partial charge on any atom is -0.315 e. The maximum Gasteiger partial charge on any atom is 0.0112 e. The molecule has 1 unspecified atom stereocenters. The molecule has 3 nitrogen and oxygen atoms in total. The largest absolute Gasteiger partial charge is 0.315 e. The van der Waals surface area contributed by atoms with Crippen LogP contribution in [0.4, 0.5) is 0 Å². The Hall–Kier alpha value is -0.120. The first kappa shape index (κ1) is 18.9. The highest BCUT2D eigenvalue weighted by Crippen LogP contribution is 2.09. The second-order valence-corrected chi connectivity index (χ2v) is 6.79. The molecule has 0 heterocycles. The van der Waals surface area contributed by atoms with E-state index in [9.17, 15) is 0 Å². The second-order valence-electron chi connectivity index (χ2n) is 6.79. The molecule has 3 heteroatoms. The van der Waals surface area contributed by atoms with Gasteiger partial charge in [0.25, 0.3) is 0 Å². The predicted octanol–water partition coefficient (Wildman–Crippen LogP) is 2.67. The summed E-state index contributed by atoms with van der Waals surface area (Å²) >= 11 is 0. The Bertz CT molecular complexity index is 202. The zero-order chi connectivity index (χ0) is 14.8. The molecular weight excluding hydrogens is 234 g/mol. The van der Waals surface area contributed by atoms with Crippen LogP contribution in [0.3, 0.4) is 0 Å². The fraction of sp³-hybridized carbons (Fsp3) is 1.00. The topological polar surface area (TPSA) is 18.5 Å². The molecule has 0 aromatic rings. The van der Waals surface area contributed by atoms with Crippen molar-refractivity contribution in [2.75, 3.05) is 40.3 Å². The van der Waals surface area contributed by atoms with Gasteiger partial charge >= 0.3 is 0 Å². The number of likely N-dealkylation sites (N-methyl/N-ethyl adjacent to an activating group) is 1. The highest BCUT2D eigenvalue weighted by atomic mass is 15.2. The van der Waals surface area contributed by atoms with Crippen LogP contribution >= 0.6 is 0 Å². The Balaban J connectivity index is 4.02. The highest BCUT2D eigenvalue weighted by molar-refractivity contribution is 4.70. The van der Waals surface area contributed by atoms with E-state index in [2.05, 4.69) is 63.8 Å². The summed E-state index contributed by atoms with van der Waals surface area (Å²) in [4.78, 5) is 4.93. The molecule has 1 atom stereocenters. The molecule has 0 rings (SSSR count). The van der Waals surface area contributed by atoms with E-state index < -0.39 is 0 Å². The van der Waals surface area contributed by atoms with Gasteiger partial charge in [-0.1, -0.05) is 27.7 Å². The average Bonchev–Trinajstić information content (AvgIpc) is 2.28. The Morgan fingerprint density at radius 1 is 0.947 bits per heavy atom. The van der Waals surface area contributed by atoms with Crippen molar-refractivity contribution in [3.63, 3.8) is 0 Å². The Morgan fingerprint density at radius 2 is 1.58 bits per heavy atom. The van der Waals surface area contributed by atoms with E-state index in [4.69, 9.17) is 0 Å². The van der Waals surface area contributed by atoms with E-state index in [1.165, 1.54) is 25.9 Å². The van der Waals surface area contributed by atoms with Crippen molar-refractivity contribution in [2.24, 2.45) is 5.92 Å². The van der Waals surface area contributed by atoms with Crippen molar-refractivity contribution < 1.29 is 0 Å². The Kier molecular flexibility index (Phi) is 10.6. The normalized spacial score (nSPS) is 14.1. The molecular formula is C16H37N3. The molecule has 0 saturated carbocycles. The minimum absolute atomic E-state index is 0.607. The van der Waals surface area contributed by atoms with Gasteiger partial charge in [-0.3, -0.25) is 4.90 Å². The Morgan fingerprint density at radius 3 is 2.05 bits per heavy atom. The number of nitrogens with zero attached hydrogens (tertiary/aromatic N) is 2. The molecule has 0 fully saturated rings. The summed E-state index contributed by atoms with van der Waals surface area (Å²) in [6.45, 7) is 16.1. The molecule has 0 aliphatic rings. The lowest BCUT2D eigenvalue weighted by Crippen LogP contribution is -2.40. The quantitative estimate of drug-likeness (QED) is 0.583. The molecule has 116 valence electrons. The molecule has 0 aliphatic heterocycles. The third kappa shape index (κ3) is 11.4. The van der Waals surface area contributed by atoms with Gasteiger partial charge in [-0.2, -0.15) is 0 Å². The summed E-state index contributed by atoms with van der Waals surface area (Å²) in [7, 11) is 4.32. The van der Waals surface area contributed by atoms with Crippen molar-refractivity contribution in [1.29, 1.82) is 0 Å². The van der Waals surface area contributed by atoms with Gasteiger partial charge in [-0.05, 0) is 46.3 Å². The van der Waals surface area contributed by atoms with Crippen LogP contribution in [0, 0.1) is 5.92 Å². The van der Waals surface area contributed by atoms with Crippen LogP contribution in [0.5, 0.6) is 0 Å². The van der Waals surface area contributed by atoms with Crippen LogP contribution in [-0.2, 0) is 0 Å². The van der Waals surface area contributed by atoms with Crippen molar-refractivity contribution >= 4 is 0 Å². The summed E-state index contributed by atoms with van der Waals surface area (Å²) in [5.74, 6) is 0.749. The first-order chi connectivity index (χ1) is 8.82. The molecule has 1 N–H and O–H groups in total. The molecule has 0 spiro atoms.